The first-order valence-corrected chi connectivity index (χ1v) is 13.8. The van der Waals surface area contributed by atoms with Crippen LogP contribution in [0, 0.1) is 0 Å². The Balaban J connectivity index is 1.37. The molecule has 2 aromatic heterocycles. The maximum Gasteiger partial charge on any atom is 0.384 e. The molecule has 0 radical (unpaired) electrons. The molecular weight excluding hydrogens is 556 g/mol. The number of oxime groups is 1. The summed E-state index contributed by atoms with van der Waals surface area (Å²) in [7, 11) is 3.61. The van der Waals surface area contributed by atoms with Gasteiger partial charge in [-0.1, -0.05) is 5.16 Å². The lowest BCUT2D eigenvalue weighted by Crippen LogP contribution is -2.70. The van der Waals surface area contributed by atoms with E-state index in [1.165, 1.54) is 44.4 Å². The number of fused-ring (bicyclic) bond motifs is 1. The van der Waals surface area contributed by atoms with Gasteiger partial charge in [-0.3, -0.25) is 20.3 Å². The molecule has 0 saturated carbocycles. The van der Waals surface area contributed by atoms with Crippen LogP contribution in [0.3, 0.4) is 0 Å². The van der Waals surface area contributed by atoms with Crippen molar-refractivity contribution in [1.82, 2.24) is 20.2 Å². The monoisotopic (exact) mass is 581 g/mol. The van der Waals surface area contributed by atoms with Gasteiger partial charge in [-0.2, -0.15) is 0 Å². The Bertz CT molecular complexity index is 1330. The number of rotatable bonds is 10. The maximum atomic E-state index is 12.8. The number of β-lactam (4-membered cyclic amide) rings is 1. The van der Waals surface area contributed by atoms with Gasteiger partial charge in [0.2, 0.25) is 0 Å². The first kappa shape index (κ1) is 27.3. The van der Waals surface area contributed by atoms with E-state index in [4.69, 9.17) is 22.1 Å². The van der Waals surface area contributed by atoms with Crippen molar-refractivity contribution in [3.8, 4) is 0 Å². The molecule has 18 heteroatoms. The third-order valence-corrected chi connectivity index (χ3v) is 8.51. The smallest absolute Gasteiger partial charge is 0.384 e. The number of thioether (sulfide) groups is 2. The molecular formula is C20H25N10O5S3+. The van der Waals surface area contributed by atoms with Crippen LogP contribution in [0.5, 0.6) is 0 Å². The Morgan fingerprint density at radius 2 is 2.18 bits per heavy atom. The van der Waals surface area contributed by atoms with Crippen LogP contribution < -0.4 is 32.2 Å². The second-order valence-corrected chi connectivity index (χ2v) is 11.2. The molecule has 202 valence electrons. The van der Waals surface area contributed by atoms with Crippen LogP contribution in [0.2, 0.25) is 0 Å². The Kier molecular flexibility index (Phi) is 8.12. The molecule has 1 saturated heterocycles. The average Bonchev–Trinajstić information content (AvgIpc) is 3.29. The first-order chi connectivity index (χ1) is 18.1. The maximum absolute atomic E-state index is 12.8. The number of aromatic nitrogens is 3. The van der Waals surface area contributed by atoms with Crippen LogP contribution in [0.25, 0.3) is 0 Å². The van der Waals surface area contributed by atoms with Gasteiger partial charge in [0.15, 0.2) is 11.7 Å². The number of anilines is 3. The van der Waals surface area contributed by atoms with Gasteiger partial charge in [0, 0.05) is 31.0 Å². The van der Waals surface area contributed by atoms with Crippen LogP contribution in [0.15, 0.2) is 33.2 Å². The van der Waals surface area contributed by atoms with Gasteiger partial charge in [-0.05, 0) is 22.3 Å². The fraction of sp³-hybridized carbons (Fsp3) is 0.350. The molecule has 4 heterocycles. The van der Waals surface area contributed by atoms with E-state index in [2.05, 4.69) is 20.4 Å². The van der Waals surface area contributed by atoms with Gasteiger partial charge >= 0.3 is 11.1 Å². The van der Waals surface area contributed by atoms with Gasteiger partial charge in [0.05, 0.1) is 5.69 Å². The zero-order valence-corrected chi connectivity index (χ0v) is 22.7. The molecule has 2 aliphatic heterocycles. The quantitative estimate of drug-likeness (QED) is 0.0424. The van der Waals surface area contributed by atoms with Gasteiger partial charge in [-0.25, -0.2) is 9.78 Å². The van der Waals surface area contributed by atoms with Gasteiger partial charge in [-0.15, -0.1) is 27.8 Å². The minimum absolute atomic E-state index is 0.0334. The molecule has 2 aromatic rings. The molecule has 0 bridgehead atoms. The Labute approximate surface area is 229 Å². The highest BCUT2D eigenvalue weighted by Crippen LogP contribution is 2.41. The second kappa shape index (κ2) is 11.3. The first-order valence-electron chi connectivity index (χ1n) is 10.9. The number of hydrogen-bond acceptors (Lipinski definition) is 14. The topological polar surface area (TPSA) is 219 Å². The lowest BCUT2D eigenvalue weighted by Gasteiger charge is -2.49. The number of nitrogens with two attached hydrogens (primary N) is 3. The SMILES string of the molecule is CN(C)c1c[n+](N)c(SCC2=C(C(=O)O)N3C(=O)C(NC(=O)/C=N\OCc4csc(N)n4)C3SC2)nc1N. The molecule has 0 aromatic carbocycles. The van der Waals surface area contributed by atoms with E-state index in [0.29, 0.717) is 33.0 Å². The molecule has 0 aliphatic carbocycles. The molecule has 2 atom stereocenters. The lowest BCUT2D eigenvalue weighted by molar-refractivity contribution is -0.681. The van der Waals surface area contributed by atoms with Crippen molar-refractivity contribution in [2.24, 2.45) is 5.16 Å². The molecule has 38 heavy (non-hydrogen) atoms. The van der Waals surface area contributed by atoms with Crippen molar-refractivity contribution in [1.29, 1.82) is 0 Å². The molecule has 15 nitrogen and oxygen atoms in total. The summed E-state index contributed by atoms with van der Waals surface area (Å²) < 4.78 is 1.31. The number of nitrogens with one attached hydrogen (secondary N) is 1. The Morgan fingerprint density at radius 1 is 1.42 bits per heavy atom. The van der Waals surface area contributed by atoms with E-state index in [1.54, 1.807) is 30.6 Å². The number of carboxylic acids is 1. The molecule has 0 spiro atoms. The van der Waals surface area contributed by atoms with Crippen LogP contribution in [-0.4, -0.2) is 81.0 Å². The number of nitrogens with zero attached hydrogens (tertiary/aromatic N) is 6. The Morgan fingerprint density at radius 3 is 2.84 bits per heavy atom. The van der Waals surface area contributed by atoms with Crippen LogP contribution in [-0.2, 0) is 25.8 Å². The van der Waals surface area contributed by atoms with Crippen LogP contribution >= 0.6 is 34.9 Å². The van der Waals surface area contributed by atoms with Gasteiger partial charge in [0.25, 0.3) is 17.6 Å². The third-order valence-electron chi connectivity index (χ3n) is 5.39. The van der Waals surface area contributed by atoms with Gasteiger partial charge < -0.3 is 31.6 Å². The van der Waals surface area contributed by atoms with Crippen LogP contribution in [0.4, 0.5) is 16.6 Å². The fourth-order valence-electron chi connectivity index (χ4n) is 3.64. The van der Waals surface area contributed by atoms with E-state index in [0.717, 1.165) is 6.21 Å². The predicted octanol–water partition coefficient (Wildman–Crippen LogP) is -1.20. The second-order valence-electron chi connectivity index (χ2n) is 8.22. The number of hydrogen-bond donors (Lipinski definition) is 5. The molecule has 2 aliphatic rings. The molecule has 4 rings (SSSR count). The lowest BCUT2D eigenvalue weighted by atomic mass is 10.0. The molecule has 2 amide bonds. The summed E-state index contributed by atoms with van der Waals surface area (Å²) in [4.78, 5) is 53.4. The highest BCUT2D eigenvalue weighted by Gasteiger charge is 2.54. The van der Waals surface area contributed by atoms with Gasteiger partial charge in [0.1, 0.15) is 35.2 Å². The number of nitrogen functional groups attached to an aromatic ring is 3. The fourth-order valence-corrected chi connectivity index (χ4v) is 6.57. The predicted molar refractivity (Wildman–Crippen MR) is 144 cm³/mol. The summed E-state index contributed by atoms with van der Waals surface area (Å²) in [6, 6.07) is -0.896. The van der Waals surface area contributed by atoms with Crippen molar-refractivity contribution in [3.63, 3.8) is 0 Å². The van der Waals surface area contributed by atoms with E-state index >= 15 is 0 Å². The van der Waals surface area contributed by atoms with Crippen molar-refractivity contribution in [3.05, 3.63) is 28.5 Å². The summed E-state index contributed by atoms with van der Waals surface area (Å²) in [5.74, 6) is 4.45. The highest BCUT2D eigenvalue weighted by atomic mass is 32.2. The zero-order valence-electron chi connectivity index (χ0n) is 20.2. The normalized spacial score (nSPS) is 18.8. The number of amides is 2. The van der Waals surface area contributed by atoms with E-state index in [-0.39, 0.29) is 23.9 Å². The van der Waals surface area contributed by atoms with E-state index < -0.39 is 29.2 Å². The summed E-state index contributed by atoms with van der Waals surface area (Å²) >= 11 is 3.80. The number of carbonyl (C=O) groups is 3. The summed E-state index contributed by atoms with van der Waals surface area (Å²) in [6.45, 7) is 0.0334. The van der Waals surface area contributed by atoms with Crippen molar-refractivity contribution < 1.29 is 29.0 Å². The number of carbonyl (C=O) groups excluding carboxylic acids is 2. The molecule has 8 N–H and O–H groups in total. The third kappa shape index (κ3) is 5.70. The standard InChI is InChI=1S/C20H24N10O5S3/c1-28(2)11-4-29(23)20(27-15(11)21)38-7-9-6-36-17-13(16(32)30(17)14(9)18(33)34)26-12(31)3-24-35-5-10-8-37-19(22)25-10/h3-4,8,13,17,21H,5-7,23H2,1-2H3,(H4,22,25,26,31,33,34)/p+1/b24-3-. The van der Waals surface area contributed by atoms with E-state index in [9.17, 15) is 19.5 Å². The largest absolute Gasteiger partial charge is 0.477 e. The number of thiazole rings is 1. The van der Waals surface area contributed by atoms with Crippen molar-refractivity contribution in [2.45, 2.75) is 23.2 Å². The van der Waals surface area contributed by atoms with Crippen molar-refractivity contribution >= 4 is 75.5 Å². The molecule has 1 fully saturated rings. The highest BCUT2D eigenvalue weighted by molar-refractivity contribution is 8.01. The number of carboxylic acid groups (broad SMARTS) is 1. The summed E-state index contributed by atoms with van der Waals surface area (Å²) in [5, 5.41) is 17.9. The number of aliphatic carboxylic acids is 1. The Hall–Kier alpha value is -3.77. The zero-order chi connectivity index (χ0) is 27.6. The van der Waals surface area contributed by atoms with E-state index in [1.807, 2.05) is 0 Å². The molecule has 2 unspecified atom stereocenters. The summed E-state index contributed by atoms with van der Waals surface area (Å²) in [5.41, 5.74) is 13.2. The van der Waals surface area contributed by atoms with Crippen LogP contribution in [0.1, 0.15) is 5.69 Å². The summed E-state index contributed by atoms with van der Waals surface area (Å²) in [6.07, 6.45) is 2.52. The minimum atomic E-state index is -1.24. The van der Waals surface area contributed by atoms with Crippen molar-refractivity contribution in [2.75, 3.05) is 47.8 Å². The minimum Gasteiger partial charge on any atom is -0.477 e. The average molecular weight is 582 g/mol.